The van der Waals surface area contributed by atoms with Gasteiger partial charge in [0.15, 0.2) is 10.4 Å². The van der Waals surface area contributed by atoms with Crippen molar-refractivity contribution >= 4 is 31.9 Å². The van der Waals surface area contributed by atoms with Crippen molar-refractivity contribution in [3.8, 4) is 0 Å². The number of aryl methyl sites for hydroxylation is 1. The van der Waals surface area contributed by atoms with Crippen molar-refractivity contribution in [3.05, 3.63) is 51.9 Å². The molecule has 1 saturated heterocycles. The molecule has 140 valence electrons. The van der Waals surface area contributed by atoms with Crippen LogP contribution in [0.15, 0.2) is 44.3 Å². The Balaban J connectivity index is 1.64. The summed E-state index contributed by atoms with van der Waals surface area (Å²) in [5.41, 5.74) is 1.53. The number of carbonyl (C=O) groups excluding carboxylic acids is 1. The fourth-order valence-electron chi connectivity index (χ4n) is 2.65. The van der Waals surface area contributed by atoms with Crippen LogP contribution in [0.5, 0.6) is 0 Å². The number of nitrogens with one attached hydrogen (secondary N) is 1. The summed E-state index contributed by atoms with van der Waals surface area (Å²) in [7, 11) is -3.51. The predicted molar refractivity (Wildman–Crippen MR) is 98.3 cm³/mol. The van der Waals surface area contributed by atoms with Gasteiger partial charge in [0, 0.05) is 25.2 Å². The molecular weight excluding hydrogens is 424 g/mol. The standard InChI is InChI=1S/C17H19BrN2O5S/c1-12-10-15(18)25-16(12)17(21)19-11-13-2-4-14(5-3-13)26(22,23)20-6-8-24-9-7-20/h2-5,10H,6-9,11H2,1H3,(H,19,21). The molecule has 0 unspecified atom stereocenters. The van der Waals surface area contributed by atoms with Crippen LogP contribution in [0.4, 0.5) is 0 Å². The van der Waals surface area contributed by atoms with Crippen LogP contribution < -0.4 is 5.32 Å². The molecule has 1 aromatic heterocycles. The number of nitrogens with zero attached hydrogens (tertiary/aromatic N) is 1. The molecule has 1 fully saturated rings. The summed E-state index contributed by atoms with van der Waals surface area (Å²) in [6.07, 6.45) is 0. The summed E-state index contributed by atoms with van der Waals surface area (Å²) < 4.78 is 37.6. The third kappa shape index (κ3) is 4.17. The lowest BCUT2D eigenvalue weighted by molar-refractivity contribution is 0.0730. The fourth-order valence-corrected chi connectivity index (χ4v) is 4.56. The molecule has 1 aromatic carbocycles. The molecule has 26 heavy (non-hydrogen) atoms. The Morgan fingerprint density at radius 1 is 1.23 bits per heavy atom. The first-order valence-electron chi connectivity index (χ1n) is 8.09. The zero-order chi connectivity index (χ0) is 18.7. The SMILES string of the molecule is Cc1cc(Br)oc1C(=O)NCc1ccc(S(=O)(=O)N2CCOCC2)cc1. The van der Waals surface area contributed by atoms with Gasteiger partial charge in [0.1, 0.15) is 0 Å². The second kappa shape index (κ2) is 7.91. The number of sulfonamides is 1. The molecule has 0 spiro atoms. The van der Waals surface area contributed by atoms with Crippen LogP contribution in [0.2, 0.25) is 0 Å². The lowest BCUT2D eigenvalue weighted by atomic mass is 10.2. The first kappa shape index (κ1) is 19.1. The van der Waals surface area contributed by atoms with Gasteiger partial charge in [0.05, 0.1) is 18.1 Å². The highest BCUT2D eigenvalue weighted by Crippen LogP contribution is 2.20. The number of hydrogen-bond acceptors (Lipinski definition) is 5. The van der Waals surface area contributed by atoms with E-state index in [9.17, 15) is 13.2 Å². The summed E-state index contributed by atoms with van der Waals surface area (Å²) in [5, 5.41) is 2.76. The maximum atomic E-state index is 12.6. The lowest BCUT2D eigenvalue weighted by Crippen LogP contribution is -2.40. The van der Waals surface area contributed by atoms with Gasteiger partial charge in [-0.15, -0.1) is 0 Å². The number of amides is 1. The molecular formula is C17H19BrN2O5S. The zero-order valence-electron chi connectivity index (χ0n) is 14.2. The van der Waals surface area contributed by atoms with Crippen molar-refractivity contribution in [2.45, 2.75) is 18.4 Å². The van der Waals surface area contributed by atoms with E-state index in [-0.39, 0.29) is 23.1 Å². The van der Waals surface area contributed by atoms with Crippen molar-refractivity contribution < 1.29 is 22.4 Å². The highest BCUT2D eigenvalue weighted by atomic mass is 79.9. The number of carbonyl (C=O) groups is 1. The average molecular weight is 443 g/mol. The topological polar surface area (TPSA) is 88.8 Å². The maximum Gasteiger partial charge on any atom is 0.287 e. The minimum Gasteiger partial charge on any atom is -0.444 e. The van der Waals surface area contributed by atoms with E-state index in [0.29, 0.717) is 31.0 Å². The quantitative estimate of drug-likeness (QED) is 0.766. The second-order valence-electron chi connectivity index (χ2n) is 5.91. The number of halogens is 1. The summed E-state index contributed by atoms with van der Waals surface area (Å²) in [6.45, 7) is 3.59. The molecule has 0 atom stereocenters. The predicted octanol–water partition coefficient (Wildman–Crippen LogP) is 2.30. The molecule has 3 rings (SSSR count). The van der Waals surface area contributed by atoms with Gasteiger partial charge in [-0.25, -0.2) is 8.42 Å². The molecule has 1 aliphatic rings. The van der Waals surface area contributed by atoms with E-state index >= 15 is 0 Å². The van der Waals surface area contributed by atoms with Gasteiger partial charge < -0.3 is 14.5 Å². The van der Waals surface area contributed by atoms with Crippen LogP contribution in [0, 0.1) is 6.92 Å². The van der Waals surface area contributed by atoms with Crippen LogP contribution in [0.3, 0.4) is 0 Å². The monoisotopic (exact) mass is 442 g/mol. The van der Waals surface area contributed by atoms with Crippen molar-refractivity contribution in [1.82, 2.24) is 9.62 Å². The van der Waals surface area contributed by atoms with Crippen LogP contribution in [-0.4, -0.2) is 44.9 Å². The highest BCUT2D eigenvalue weighted by Gasteiger charge is 2.26. The number of furan rings is 1. The zero-order valence-corrected chi connectivity index (χ0v) is 16.6. The first-order chi connectivity index (χ1) is 12.4. The number of hydrogen-bond donors (Lipinski definition) is 1. The van der Waals surface area contributed by atoms with Crippen molar-refractivity contribution in [2.75, 3.05) is 26.3 Å². The number of morpholine rings is 1. The largest absolute Gasteiger partial charge is 0.444 e. The molecule has 7 nitrogen and oxygen atoms in total. The van der Waals surface area contributed by atoms with Crippen LogP contribution in [0.1, 0.15) is 21.7 Å². The van der Waals surface area contributed by atoms with Gasteiger partial charge in [-0.05, 0) is 46.6 Å². The van der Waals surface area contributed by atoms with Gasteiger partial charge in [-0.3, -0.25) is 4.79 Å². The van der Waals surface area contributed by atoms with Gasteiger partial charge in [0.25, 0.3) is 5.91 Å². The number of ether oxygens (including phenoxy) is 1. The van der Waals surface area contributed by atoms with E-state index in [1.165, 1.54) is 4.31 Å². The van der Waals surface area contributed by atoms with E-state index in [2.05, 4.69) is 21.2 Å². The molecule has 2 aromatic rings. The molecule has 1 aliphatic heterocycles. The average Bonchev–Trinajstić information content (AvgIpc) is 2.99. The summed E-state index contributed by atoms with van der Waals surface area (Å²) in [5.74, 6) is -0.0680. The van der Waals surface area contributed by atoms with E-state index < -0.39 is 10.0 Å². The molecule has 1 N–H and O–H groups in total. The minimum absolute atomic E-state index is 0.236. The van der Waals surface area contributed by atoms with Crippen molar-refractivity contribution in [1.29, 1.82) is 0 Å². The summed E-state index contributed by atoms with van der Waals surface area (Å²) in [6, 6.07) is 8.22. The molecule has 0 aliphatic carbocycles. The van der Waals surface area contributed by atoms with Crippen LogP contribution in [-0.2, 0) is 21.3 Å². The Bertz CT molecular complexity index is 886. The normalized spacial score (nSPS) is 15.8. The van der Waals surface area contributed by atoms with Crippen molar-refractivity contribution in [2.24, 2.45) is 0 Å². The Hall–Kier alpha value is -1.68. The molecule has 0 saturated carbocycles. The maximum absolute atomic E-state index is 12.6. The van der Waals surface area contributed by atoms with E-state index in [4.69, 9.17) is 9.15 Å². The minimum atomic E-state index is -3.51. The molecule has 1 amide bonds. The highest BCUT2D eigenvalue weighted by molar-refractivity contribution is 9.10. The van der Waals surface area contributed by atoms with Gasteiger partial charge in [-0.1, -0.05) is 12.1 Å². The molecule has 9 heteroatoms. The van der Waals surface area contributed by atoms with Crippen LogP contribution >= 0.6 is 15.9 Å². The Kier molecular flexibility index (Phi) is 5.81. The second-order valence-corrected chi connectivity index (χ2v) is 8.63. The summed E-state index contributed by atoms with van der Waals surface area (Å²) >= 11 is 3.19. The molecule has 0 bridgehead atoms. The number of rotatable bonds is 5. The third-order valence-corrected chi connectivity index (χ3v) is 6.38. The lowest BCUT2D eigenvalue weighted by Gasteiger charge is -2.26. The number of benzene rings is 1. The van der Waals surface area contributed by atoms with Gasteiger partial charge in [-0.2, -0.15) is 4.31 Å². The van der Waals surface area contributed by atoms with Crippen LogP contribution in [0.25, 0.3) is 0 Å². The fraction of sp³-hybridized carbons (Fsp3) is 0.353. The van der Waals surface area contributed by atoms with E-state index in [1.54, 1.807) is 37.3 Å². The van der Waals surface area contributed by atoms with Crippen molar-refractivity contribution in [3.63, 3.8) is 0 Å². The Labute approximate surface area is 160 Å². The third-order valence-electron chi connectivity index (χ3n) is 4.08. The van der Waals surface area contributed by atoms with E-state index in [1.807, 2.05) is 0 Å². The Morgan fingerprint density at radius 3 is 2.46 bits per heavy atom. The molecule has 2 heterocycles. The van der Waals surface area contributed by atoms with Gasteiger partial charge in [0.2, 0.25) is 10.0 Å². The first-order valence-corrected chi connectivity index (χ1v) is 10.3. The smallest absolute Gasteiger partial charge is 0.287 e. The van der Waals surface area contributed by atoms with Gasteiger partial charge >= 0.3 is 0 Å². The molecule has 0 radical (unpaired) electrons. The summed E-state index contributed by atoms with van der Waals surface area (Å²) in [4.78, 5) is 12.4. The Morgan fingerprint density at radius 2 is 1.88 bits per heavy atom. The van der Waals surface area contributed by atoms with E-state index in [0.717, 1.165) is 11.1 Å².